The van der Waals surface area contributed by atoms with E-state index in [1.165, 1.54) is 23.4 Å². The Morgan fingerprint density at radius 3 is 2.59 bits per heavy atom. The molecule has 1 fully saturated rings. The number of rotatable bonds is 3. The third kappa shape index (κ3) is 3.56. The lowest BCUT2D eigenvalue weighted by molar-refractivity contribution is -0.186. The van der Waals surface area contributed by atoms with Crippen molar-refractivity contribution in [1.29, 1.82) is 0 Å². The molecule has 0 unspecified atom stereocenters. The van der Waals surface area contributed by atoms with Gasteiger partial charge in [-0.3, -0.25) is 4.57 Å². The number of hydrogen-bond acceptors (Lipinski definition) is 4. The van der Waals surface area contributed by atoms with Gasteiger partial charge in [0.25, 0.3) is 0 Å². The van der Waals surface area contributed by atoms with Gasteiger partial charge in [0.15, 0.2) is 5.16 Å². The monoisotopic (exact) mass is 337 g/mol. The topological polar surface area (TPSA) is 56.9 Å². The van der Waals surface area contributed by atoms with Crippen molar-refractivity contribution in [2.24, 2.45) is 18.9 Å². The molecule has 0 aliphatic heterocycles. The zero-order valence-corrected chi connectivity index (χ0v) is 13.2. The van der Waals surface area contributed by atoms with Crippen LogP contribution in [0.15, 0.2) is 14.7 Å². The van der Waals surface area contributed by atoms with Crippen LogP contribution in [0.4, 0.5) is 13.2 Å². The zero-order chi connectivity index (χ0) is 16.5. The van der Waals surface area contributed by atoms with E-state index in [0.717, 1.165) is 4.57 Å². The maximum absolute atomic E-state index is 12.8. The minimum atomic E-state index is -4.21. The molecule has 0 amide bonds. The van der Waals surface area contributed by atoms with Crippen LogP contribution in [0.25, 0.3) is 0 Å². The Kier molecular flexibility index (Phi) is 5.03. The highest BCUT2D eigenvalue weighted by Crippen LogP contribution is 2.40. The van der Waals surface area contributed by atoms with Crippen molar-refractivity contribution >= 4 is 11.8 Å². The van der Waals surface area contributed by atoms with E-state index in [9.17, 15) is 22.8 Å². The molecule has 1 aromatic rings. The van der Waals surface area contributed by atoms with Crippen LogP contribution in [0.2, 0.25) is 0 Å². The van der Waals surface area contributed by atoms with Crippen LogP contribution in [0.1, 0.15) is 25.7 Å². The Labute approximate surface area is 129 Å². The molecule has 0 spiro atoms. The van der Waals surface area contributed by atoms with E-state index in [-0.39, 0.29) is 25.3 Å². The summed E-state index contributed by atoms with van der Waals surface area (Å²) in [7, 11) is 1.50. The molecule has 0 N–H and O–H groups in total. The molecule has 1 heterocycles. The molecule has 1 aliphatic rings. The van der Waals surface area contributed by atoms with Gasteiger partial charge >= 0.3 is 17.6 Å². The van der Waals surface area contributed by atoms with E-state index < -0.39 is 23.5 Å². The van der Waals surface area contributed by atoms with Crippen molar-refractivity contribution < 1.29 is 13.2 Å². The first kappa shape index (κ1) is 17.1. The summed E-state index contributed by atoms with van der Waals surface area (Å²) in [6, 6.07) is 0. The lowest BCUT2D eigenvalue weighted by Gasteiger charge is -2.30. The van der Waals surface area contributed by atoms with E-state index in [4.69, 9.17) is 0 Å². The predicted octanol–water partition coefficient (Wildman–Crippen LogP) is 2.03. The molecule has 2 atom stereocenters. The van der Waals surface area contributed by atoms with Gasteiger partial charge in [-0.05, 0) is 31.4 Å². The van der Waals surface area contributed by atoms with Crippen LogP contribution in [-0.4, -0.2) is 26.6 Å². The minimum Gasteiger partial charge on any atom is -0.275 e. The Morgan fingerprint density at radius 2 is 2.00 bits per heavy atom. The number of nitrogens with zero attached hydrogens (tertiary/aromatic N) is 3. The number of hydrogen-bond donors (Lipinski definition) is 0. The molecule has 5 nitrogen and oxygen atoms in total. The second-order valence-electron chi connectivity index (χ2n) is 5.60. The highest BCUT2D eigenvalue weighted by molar-refractivity contribution is 7.98. The van der Waals surface area contributed by atoms with Crippen LogP contribution < -0.4 is 11.4 Å². The Hall–Kier alpha value is -1.25. The van der Waals surface area contributed by atoms with Crippen LogP contribution in [-0.2, 0) is 13.6 Å². The summed E-state index contributed by atoms with van der Waals surface area (Å²) in [6.45, 7) is -0.000250. The fourth-order valence-corrected chi connectivity index (χ4v) is 3.43. The summed E-state index contributed by atoms with van der Waals surface area (Å²) in [4.78, 5) is 27.9. The highest BCUT2D eigenvalue weighted by Gasteiger charge is 2.42. The number of alkyl halides is 3. The molecule has 124 valence electrons. The number of halogens is 3. The van der Waals surface area contributed by atoms with Crippen LogP contribution in [0.5, 0.6) is 0 Å². The Bertz CT molecular complexity index is 653. The molecule has 22 heavy (non-hydrogen) atoms. The van der Waals surface area contributed by atoms with Gasteiger partial charge in [-0.15, -0.1) is 0 Å². The third-order valence-corrected chi connectivity index (χ3v) is 4.83. The van der Waals surface area contributed by atoms with Gasteiger partial charge in [-0.25, -0.2) is 14.2 Å². The van der Waals surface area contributed by atoms with Gasteiger partial charge < -0.3 is 0 Å². The Morgan fingerprint density at radius 1 is 1.32 bits per heavy atom. The normalized spacial score (nSPS) is 22.8. The molecule has 0 saturated heterocycles. The minimum absolute atomic E-state index is 0.000250. The molecule has 1 saturated carbocycles. The van der Waals surface area contributed by atoms with E-state index in [2.05, 4.69) is 4.98 Å². The van der Waals surface area contributed by atoms with Crippen LogP contribution in [0.3, 0.4) is 0 Å². The summed E-state index contributed by atoms with van der Waals surface area (Å²) >= 11 is 1.17. The third-order valence-electron chi connectivity index (χ3n) is 4.10. The van der Waals surface area contributed by atoms with Crippen molar-refractivity contribution in [3.8, 4) is 0 Å². The molecular formula is C13H18F3N3O2S. The first-order chi connectivity index (χ1) is 10.2. The molecule has 1 aliphatic carbocycles. The maximum Gasteiger partial charge on any atom is 0.391 e. The lowest BCUT2D eigenvalue weighted by atomic mass is 9.81. The van der Waals surface area contributed by atoms with Crippen LogP contribution >= 0.6 is 11.8 Å². The van der Waals surface area contributed by atoms with E-state index in [1.807, 2.05) is 0 Å². The van der Waals surface area contributed by atoms with Crippen molar-refractivity contribution in [3.05, 3.63) is 21.0 Å². The largest absolute Gasteiger partial charge is 0.391 e. The summed E-state index contributed by atoms with van der Waals surface area (Å²) in [5, 5.41) is 0.295. The standard InChI is InChI=1S/C13H18F3N3O2S/c1-18-11(22-2)17-10(20)19(12(18)21)7-8-4-3-5-9(6-8)13(14,15)16/h8-9H,3-7H2,1-2H3/t8-,9+/m1/s1. The van der Waals surface area contributed by atoms with Gasteiger partial charge in [0.2, 0.25) is 0 Å². The SMILES string of the molecule is CSc1nc(=O)n(C[C@@H]2CCC[C@H](C(F)(F)F)C2)c(=O)n1C. The highest BCUT2D eigenvalue weighted by atomic mass is 32.2. The summed E-state index contributed by atoms with van der Waals surface area (Å²) in [6.07, 6.45) is -1.39. The van der Waals surface area contributed by atoms with Crippen molar-refractivity contribution in [1.82, 2.24) is 14.1 Å². The van der Waals surface area contributed by atoms with Crippen molar-refractivity contribution in [2.75, 3.05) is 6.26 Å². The maximum atomic E-state index is 12.8. The van der Waals surface area contributed by atoms with Gasteiger partial charge in [0, 0.05) is 13.6 Å². The van der Waals surface area contributed by atoms with Gasteiger partial charge in [0.1, 0.15) is 0 Å². The second kappa shape index (κ2) is 6.47. The molecule has 0 radical (unpaired) electrons. The van der Waals surface area contributed by atoms with Crippen molar-refractivity contribution in [3.63, 3.8) is 0 Å². The molecule has 2 rings (SSSR count). The molecule has 9 heteroatoms. The van der Waals surface area contributed by atoms with E-state index in [0.29, 0.717) is 18.0 Å². The predicted molar refractivity (Wildman–Crippen MR) is 77.0 cm³/mol. The van der Waals surface area contributed by atoms with Crippen LogP contribution in [0, 0.1) is 11.8 Å². The zero-order valence-electron chi connectivity index (χ0n) is 12.4. The van der Waals surface area contributed by atoms with Gasteiger partial charge in [0.05, 0.1) is 5.92 Å². The van der Waals surface area contributed by atoms with E-state index in [1.54, 1.807) is 6.26 Å². The quantitative estimate of drug-likeness (QED) is 0.792. The number of thioether (sulfide) groups is 1. The molecular weight excluding hydrogens is 319 g/mol. The van der Waals surface area contributed by atoms with Gasteiger partial charge in [-0.1, -0.05) is 18.2 Å². The average Bonchev–Trinajstić information content (AvgIpc) is 2.47. The van der Waals surface area contributed by atoms with E-state index >= 15 is 0 Å². The first-order valence-corrected chi connectivity index (χ1v) is 8.25. The Balaban J connectivity index is 2.23. The first-order valence-electron chi connectivity index (χ1n) is 7.02. The average molecular weight is 337 g/mol. The lowest BCUT2D eigenvalue weighted by Crippen LogP contribution is -2.43. The summed E-state index contributed by atoms with van der Waals surface area (Å²) in [5.74, 6) is -1.67. The summed E-state index contributed by atoms with van der Waals surface area (Å²) < 4.78 is 40.7. The molecule has 0 aromatic carbocycles. The second-order valence-corrected chi connectivity index (χ2v) is 6.38. The summed E-state index contributed by atoms with van der Waals surface area (Å²) in [5.41, 5.74) is -1.22. The van der Waals surface area contributed by atoms with Crippen molar-refractivity contribution in [2.45, 2.75) is 43.6 Å². The van der Waals surface area contributed by atoms with Gasteiger partial charge in [-0.2, -0.15) is 18.2 Å². The number of aromatic nitrogens is 3. The fourth-order valence-electron chi connectivity index (χ4n) is 2.91. The fraction of sp³-hybridized carbons (Fsp3) is 0.769. The smallest absolute Gasteiger partial charge is 0.275 e. The molecule has 1 aromatic heterocycles. The molecule has 0 bridgehead atoms.